The van der Waals surface area contributed by atoms with Crippen LogP contribution >= 0.6 is 0 Å². The van der Waals surface area contributed by atoms with E-state index in [0.29, 0.717) is 5.75 Å². The van der Waals surface area contributed by atoms with Gasteiger partial charge in [0.15, 0.2) is 0 Å². The van der Waals surface area contributed by atoms with E-state index in [1.54, 1.807) is 0 Å². The third kappa shape index (κ3) is 3.55. The van der Waals surface area contributed by atoms with Crippen molar-refractivity contribution >= 4 is 5.97 Å². The minimum atomic E-state index is -1.08. The van der Waals surface area contributed by atoms with Gasteiger partial charge in [0.1, 0.15) is 18.2 Å². The molecule has 5 heteroatoms. The van der Waals surface area contributed by atoms with Crippen molar-refractivity contribution in [1.82, 2.24) is 0 Å². The summed E-state index contributed by atoms with van der Waals surface area (Å²) in [6.45, 7) is -0.536. The summed E-state index contributed by atoms with van der Waals surface area (Å²) in [6, 6.07) is 4.20. The normalized spacial score (nSPS) is 10.0. The molecular weight excluding hydrogens is 203 g/mol. The Bertz CT molecular complexity index is 351. The van der Waals surface area contributed by atoms with Gasteiger partial charge in [-0.2, -0.15) is 0 Å². The van der Waals surface area contributed by atoms with E-state index in [1.807, 2.05) is 0 Å². The molecule has 0 aromatic heterocycles. The zero-order valence-corrected chi connectivity index (χ0v) is 8.20. The van der Waals surface area contributed by atoms with Crippen LogP contribution in [-0.4, -0.2) is 24.8 Å². The molecule has 4 nitrogen and oxygen atoms in total. The van der Waals surface area contributed by atoms with Crippen molar-refractivity contribution in [2.45, 2.75) is 6.61 Å². The Balaban J connectivity index is 2.62. The number of hydrogen-bond donors (Lipinski definition) is 1. The topological polar surface area (TPSA) is 55.8 Å². The average molecular weight is 214 g/mol. The van der Waals surface area contributed by atoms with Crippen LogP contribution in [0.5, 0.6) is 5.75 Å². The Kier molecular flexibility index (Phi) is 4.05. The molecule has 0 spiro atoms. The van der Waals surface area contributed by atoms with Gasteiger partial charge in [0.25, 0.3) is 0 Å². The highest BCUT2D eigenvalue weighted by Crippen LogP contribution is 2.17. The monoisotopic (exact) mass is 214 g/mol. The molecule has 0 saturated heterocycles. The lowest BCUT2D eigenvalue weighted by molar-refractivity contribution is -0.142. The van der Waals surface area contributed by atoms with Gasteiger partial charge in [0.05, 0.1) is 13.7 Å². The number of rotatable bonds is 5. The number of aliphatic carboxylic acids is 1. The molecule has 0 heterocycles. The van der Waals surface area contributed by atoms with Crippen molar-refractivity contribution in [3.05, 3.63) is 29.6 Å². The lowest BCUT2D eigenvalue weighted by Crippen LogP contribution is -2.07. The molecule has 0 aliphatic carbocycles. The summed E-state index contributed by atoms with van der Waals surface area (Å²) in [5.41, 5.74) is 0.274. The van der Waals surface area contributed by atoms with Crippen LogP contribution in [-0.2, 0) is 16.1 Å². The van der Waals surface area contributed by atoms with Crippen molar-refractivity contribution < 1.29 is 23.8 Å². The van der Waals surface area contributed by atoms with E-state index in [2.05, 4.69) is 0 Å². The zero-order valence-electron chi connectivity index (χ0n) is 8.20. The highest BCUT2D eigenvalue weighted by atomic mass is 19.1. The molecule has 0 fully saturated rings. The summed E-state index contributed by atoms with van der Waals surface area (Å²) in [6.07, 6.45) is 0. The molecule has 1 aromatic carbocycles. The van der Waals surface area contributed by atoms with Gasteiger partial charge in [0, 0.05) is 5.56 Å². The van der Waals surface area contributed by atoms with Crippen LogP contribution in [0.25, 0.3) is 0 Å². The molecule has 0 atom stereocenters. The number of hydrogen-bond acceptors (Lipinski definition) is 3. The number of carboxylic acids is 1. The van der Waals surface area contributed by atoms with Gasteiger partial charge < -0.3 is 14.6 Å². The third-order valence-electron chi connectivity index (χ3n) is 1.74. The van der Waals surface area contributed by atoms with Crippen molar-refractivity contribution in [3.63, 3.8) is 0 Å². The minimum Gasteiger partial charge on any atom is -0.497 e. The fourth-order valence-electron chi connectivity index (χ4n) is 1.04. The standard InChI is InChI=1S/C10H11FO4/c1-14-8-2-3-9(11)7(4-8)5-15-6-10(12)13/h2-4H,5-6H2,1H3,(H,12,13). The Labute approximate surface area is 86.2 Å². The smallest absolute Gasteiger partial charge is 0.329 e. The second-order valence-corrected chi connectivity index (χ2v) is 2.84. The van der Waals surface area contributed by atoms with Crippen LogP contribution in [0.3, 0.4) is 0 Å². The summed E-state index contributed by atoms with van der Waals surface area (Å²) in [5, 5.41) is 8.32. The summed E-state index contributed by atoms with van der Waals surface area (Å²) < 4.78 is 22.8. The largest absolute Gasteiger partial charge is 0.497 e. The molecule has 0 bridgehead atoms. The average Bonchev–Trinajstić information content (AvgIpc) is 2.20. The molecule has 82 valence electrons. The van der Waals surface area contributed by atoms with Gasteiger partial charge in [-0.05, 0) is 18.2 Å². The first kappa shape index (κ1) is 11.5. The first-order chi connectivity index (χ1) is 7.13. The highest BCUT2D eigenvalue weighted by Gasteiger charge is 2.05. The van der Waals surface area contributed by atoms with Gasteiger partial charge in [-0.25, -0.2) is 9.18 Å². The van der Waals surface area contributed by atoms with Crippen LogP contribution in [0.4, 0.5) is 4.39 Å². The molecule has 1 N–H and O–H groups in total. The van der Waals surface area contributed by atoms with Crippen molar-refractivity contribution in [1.29, 1.82) is 0 Å². The maximum Gasteiger partial charge on any atom is 0.329 e. The third-order valence-corrected chi connectivity index (χ3v) is 1.74. The van der Waals surface area contributed by atoms with Gasteiger partial charge in [-0.3, -0.25) is 0 Å². The molecule has 15 heavy (non-hydrogen) atoms. The van der Waals surface area contributed by atoms with Crippen LogP contribution in [0.1, 0.15) is 5.56 Å². The maximum absolute atomic E-state index is 13.1. The van der Waals surface area contributed by atoms with E-state index >= 15 is 0 Å². The number of carbonyl (C=O) groups is 1. The first-order valence-corrected chi connectivity index (χ1v) is 4.25. The number of halogens is 1. The van der Waals surface area contributed by atoms with E-state index in [1.165, 1.54) is 25.3 Å². The van der Waals surface area contributed by atoms with Crippen molar-refractivity contribution in [2.24, 2.45) is 0 Å². The predicted molar refractivity (Wildman–Crippen MR) is 50.2 cm³/mol. The van der Waals surface area contributed by atoms with E-state index < -0.39 is 18.4 Å². The summed E-state index contributed by atoms with van der Waals surface area (Å²) >= 11 is 0. The van der Waals surface area contributed by atoms with Crippen LogP contribution in [0, 0.1) is 5.82 Å². The van der Waals surface area contributed by atoms with Gasteiger partial charge in [-0.1, -0.05) is 0 Å². The zero-order chi connectivity index (χ0) is 11.3. The minimum absolute atomic E-state index is 0.0880. The lowest BCUT2D eigenvalue weighted by atomic mass is 10.2. The first-order valence-electron chi connectivity index (χ1n) is 4.25. The Morgan fingerprint density at radius 1 is 1.53 bits per heavy atom. The van der Waals surface area contributed by atoms with Crippen LogP contribution in [0.2, 0.25) is 0 Å². The van der Waals surface area contributed by atoms with E-state index in [-0.39, 0.29) is 12.2 Å². The van der Waals surface area contributed by atoms with Crippen molar-refractivity contribution in [2.75, 3.05) is 13.7 Å². The summed E-state index contributed by atoms with van der Waals surface area (Å²) in [4.78, 5) is 10.2. The molecule has 0 unspecified atom stereocenters. The quantitative estimate of drug-likeness (QED) is 0.805. The van der Waals surface area contributed by atoms with E-state index in [0.717, 1.165) is 0 Å². The van der Waals surface area contributed by atoms with E-state index in [9.17, 15) is 9.18 Å². The molecule has 1 rings (SSSR count). The second kappa shape index (κ2) is 5.31. The summed E-state index contributed by atoms with van der Waals surface area (Å²) in [7, 11) is 1.47. The highest BCUT2D eigenvalue weighted by molar-refractivity contribution is 5.67. The van der Waals surface area contributed by atoms with Gasteiger partial charge in [-0.15, -0.1) is 0 Å². The number of ether oxygens (including phenoxy) is 2. The Morgan fingerprint density at radius 3 is 2.87 bits per heavy atom. The number of benzene rings is 1. The number of carboxylic acid groups (broad SMARTS) is 1. The van der Waals surface area contributed by atoms with Crippen LogP contribution in [0.15, 0.2) is 18.2 Å². The summed E-state index contributed by atoms with van der Waals surface area (Å²) in [5.74, 6) is -1.02. The molecule has 0 radical (unpaired) electrons. The lowest BCUT2D eigenvalue weighted by Gasteiger charge is -2.05. The molecule has 1 aromatic rings. The number of methoxy groups -OCH3 is 1. The molecule has 0 saturated carbocycles. The SMILES string of the molecule is COc1ccc(F)c(COCC(=O)O)c1. The maximum atomic E-state index is 13.1. The molecule has 0 amide bonds. The molecule has 0 aliphatic heterocycles. The van der Waals surface area contributed by atoms with Gasteiger partial charge >= 0.3 is 5.97 Å². The van der Waals surface area contributed by atoms with Gasteiger partial charge in [0.2, 0.25) is 0 Å². The fourth-order valence-corrected chi connectivity index (χ4v) is 1.04. The molecular formula is C10H11FO4. The van der Waals surface area contributed by atoms with E-state index in [4.69, 9.17) is 14.6 Å². The van der Waals surface area contributed by atoms with Crippen LogP contribution < -0.4 is 4.74 Å². The van der Waals surface area contributed by atoms with Crippen molar-refractivity contribution in [3.8, 4) is 5.75 Å². The second-order valence-electron chi connectivity index (χ2n) is 2.84. The molecule has 0 aliphatic rings. The predicted octanol–water partition coefficient (Wildman–Crippen LogP) is 1.44. The Hall–Kier alpha value is -1.62. The Morgan fingerprint density at radius 2 is 2.27 bits per heavy atom. The fraction of sp³-hybridized carbons (Fsp3) is 0.300.